The molecule has 4 nitrogen and oxygen atoms in total. The Morgan fingerprint density at radius 2 is 2.20 bits per heavy atom. The molecule has 2 aromatic rings. The molecule has 2 aromatic heterocycles. The molecule has 0 aromatic carbocycles. The lowest BCUT2D eigenvalue weighted by Crippen LogP contribution is -2.30. The first-order valence-corrected chi connectivity index (χ1v) is 7.51. The second-order valence-electron chi connectivity index (χ2n) is 4.73. The summed E-state index contributed by atoms with van der Waals surface area (Å²) in [7, 11) is 1.67. The number of thiophene rings is 1. The van der Waals surface area contributed by atoms with Crippen molar-refractivity contribution in [3.63, 3.8) is 0 Å². The van der Waals surface area contributed by atoms with E-state index in [0.717, 1.165) is 17.0 Å². The number of aromatic nitrogens is 1. The zero-order valence-corrected chi connectivity index (χ0v) is 12.7. The van der Waals surface area contributed by atoms with Gasteiger partial charge in [0.1, 0.15) is 0 Å². The molecule has 108 valence electrons. The molecule has 0 aliphatic heterocycles. The third kappa shape index (κ3) is 3.17. The van der Waals surface area contributed by atoms with Crippen LogP contribution in [0.3, 0.4) is 0 Å². The number of hydrogen-bond acceptors (Lipinski definition) is 4. The lowest BCUT2D eigenvalue weighted by Gasteiger charge is -2.15. The maximum Gasteiger partial charge on any atom is 0.255 e. The fourth-order valence-electron chi connectivity index (χ4n) is 2.19. The third-order valence-corrected chi connectivity index (χ3v) is 4.29. The highest BCUT2D eigenvalue weighted by Crippen LogP contribution is 2.21. The van der Waals surface area contributed by atoms with E-state index in [1.807, 2.05) is 36.6 Å². The van der Waals surface area contributed by atoms with Crippen LogP contribution in [0.25, 0.3) is 0 Å². The standard InChI is InChI=1S/C15H20N2O2S/c1-11-6-7-12(14(16)13-5-3-10-20-13)15(18)17(11)8-4-9-19-2/h3,5-7,10,14H,4,8-9,16H2,1-2H3. The van der Waals surface area contributed by atoms with Gasteiger partial charge in [0.2, 0.25) is 0 Å². The predicted octanol–water partition coefficient (Wildman–Crippen LogP) is 2.30. The highest BCUT2D eigenvalue weighted by molar-refractivity contribution is 7.10. The largest absolute Gasteiger partial charge is 0.385 e. The minimum absolute atomic E-state index is 0.00185. The SMILES string of the molecule is COCCCn1c(C)ccc(C(N)c2cccs2)c1=O. The highest BCUT2D eigenvalue weighted by Gasteiger charge is 2.15. The number of rotatable bonds is 6. The van der Waals surface area contributed by atoms with Crippen LogP contribution in [0.1, 0.15) is 28.6 Å². The number of ether oxygens (including phenoxy) is 1. The Balaban J connectivity index is 2.31. The number of hydrogen-bond donors (Lipinski definition) is 1. The first kappa shape index (κ1) is 15.0. The van der Waals surface area contributed by atoms with Gasteiger partial charge in [-0.2, -0.15) is 0 Å². The van der Waals surface area contributed by atoms with Crippen LogP contribution in [-0.4, -0.2) is 18.3 Å². The Kier molecular flexibility index (Phi) is 5.11. The second kappa shape index (κ2) is 6.83. The van der Waals surface area contributed by atoms with Crippen molar-refractivity contribution in [3.8, 4) is 0 Å². The van der Waals surface area contributed by atoms with Crippen LogP contribution in [0.2, 0.25) is 0 Å². The third-order valence-electron chi connectivity index (χ3n) is 3.34. The molecule has 0 bridgehead atoms. The molecule has 0 radical (unpaired) electrons. The molecule has 0 amide bonds. The minimum Gasteiger partial charge on any atom is -0.385 e. The topological polar surface area (TPSA) is 57.2 Å². The monoisotopic (exact) mass is 292 g/mol. The van der Waals surface area contributed by atoms with Gasteiger partial charge in [0.15, 0.2) is 0 Å². The number of pyridine rings is 1. The Hall–Kier alpha value is -1.43. The zero-order valence-electron chi connectivity index (χ0n) is 11.8. The molecule has 0 saturated carbocycles. The van der Waals surface area contributed by atoms with Crippen molar-refractivity contribution in [2.45, 2.75) is 25.9 Å². The second-order valence-corrected chi connectivity index (χ2v) is 5.71. The molecule has 2 N–H and O–H groups in total. The van der Waals surface area contributed by atoms with Crippen LogP contribution >= 0.6 is 11.3 Å². The summed E-state index contributed by atoms with van der Waals surface area (Å²) in [6.45, 7) is 3.24. The Morgan fingerprint density at radius 1 is 1.40 bits per heavy atom. The van der Waals surface area contributed by atoms with Gasteiger partial charge in [0.05, 0.1) is 6.04 Å². The molecule has 0 aliphatic rings. The van der Waals surface area contributed by atoms with E-state index >= 15 is 0 Å². The molecule has 1 unspecified atom stereocenters. The average molecular weight is 292 g/mol. The van der Waals surface area contributed by atoms with E-state index in [0.29, 0.717) is 18.7 Å². The summed E-state index contributed by atoms with van der Waals surface area (Å²) < 4.78 is 6.82. The van der Waals surface area contributed by atoms with E-state index in [-0.39, 0.29) is 11.6 Å². The summed E-state index contributed by atoms with van der Waals surface area (Å²) in [5, 5.41) is 1.97. The van der Waals surface area contributed by atoms with Crippen molar-refractivity contribution >= 4 is 11.3 Å². The van der Waals surface area contributed by atoms with Crippen LogP contribution < -0.4 is 11.3 Å². The van der Waals surface area contributed by atoms with Gasteiger partial charge in [-0.1, -0.05) is 6.07 Å². The van der Waals surface area contributed by atoms with E-state index in [9.17, 15) is 4.79 Å². The molecule has 20 heavy (non-hydrogen) atoms. The first-order chi connectivity index (χ1) is 9.65. The quantitative estimate of drug-likeness (QED) is 0.831. The van der Waals surface area contributed by atoms with Crippen molar-refractivity contribution in [3.05, 3.63) is 56.1 Å². The van der Waals surface area contributed by atoms with Gasteiger partial charge in [-0.15, -0.1) is 11.3 Å². The highest BCUT2D eigenvalue weighted by atomic mass is 32.1. The van der Waals surface area contributed by atoms with Crippen LogP contribution in [0.5, 0.6) is 0 Å². The molecule has 0 aliphatic carbocycles. The molecule has 0 spiro atoms. The smallest absolute Gasteiger partial charge is 0.255 e. The number of nitrogens with zero attached hydrogens (tertiary/aromatic N) is 1. The molecule has 5 heteroatoms. The fraction of sp³-hybridized carbons (Fsp3) is 0.400. The zero-order chi connectivity index (χ0) is 14.5. The average Bonchev–Trinajstić information content (AvgIpc) is 2.96. The summed E-state index contributed by atoms with van der Waals surface area (Å²) in [6, 6.07) is 7.36. The van der Waals surface area contributed by atoms with Gasteiger partial charge in [-0.25, -0.2) is 0 Å². The Morgan fingerprint density at radius 3 is 2.85 bits per heavy atom. The molecule has 0 saturated heterocycles. The summed E-state index contributed by atoms with van der Waals surface area (Å²) in [6.07, 6.45) is 0.814. The molecule has 1 atom stereocenters. The van der Waals surface area contributed by atoms with Crippen molar-refractivity contribution in [1.29, 1.82) is 0 Å². The van der Waals surface area contributed by atoms with Gasteiger partial charge in [-0.3, -0.25) is 4.79 Å². The van der Waals surface area contributed by atoms with Crippen LogP contribution in [0.15, 0.2) is 34.4 Å². The van der Waals surface area contributed by atoms with Crippen LogP contribution in [-0.2, 0) is 11.3 Å². The number of methoxy groups -OCH3 is 1. The van der Waals surface area contributed by atoms with Crippen LogP contribution in [0, 0.1) is 6.92 Å². The summed E-state index contributed by atoms with van der Waals surface area (Å²) in [5.41, 5.74) is 7.81. The Bertz CT molecular complexity index is 605. The Labute approximate surface area is 122 Å². The van der Waals surface area contributed by atoms with E-state index < -0.39 is 0 Å². The normalized spacial score (nSPS) is 12.6. The first-order valence-electron chi connectivity index (χ1n) is 6.63. The lowest BCUT2D eigenvalue weighted by molar-refractivity contribution is 0.189. The summed E-state index contributed by atoms with van der Waals surface area (Å²) in [4.78, 5) is 13.6. The van der Waals surface area contributed by atoms with E-state index in [4.69, 9.17) is 10.5 Å². The van der Waals surface area contributed by atoms with Gasteiger partial charge < -0.3 is 15.0 Å². The lowest BCUT2D eigenvalue weighted by atomic mass is 10.1. The van der Waals surface area contributed by atoms with Crippen molar-refractivity contribution in [2.75, 3.05) is 13.7 Å². The number of nitrogens with two attached hydrogens (primary N) is 1. The fourth-order valence-corrected chi connectivity index (χ4v) is 2.94. The summed E-state index contributed by atoms with van der Waals surface area (Å²) in [5.74, 6) is 0. The molecular formula is C15H20N2O2S. The molecule has 2 rings (SSSR count). The van der Waals surface area contributed by atoms with Crippen LogP contribution in [0.4, 0.5) is 0 Å². The van der Waals surface area contributed by atoms with Gasteiger partial charge in [-0.05, 0) is 36.9 Å². The van der Waals surface area contributed by atoms with Crippen molar-refractivity contribution in [1.82, 2.24) is 4.57 Å². The van der Waals surface area contributed by atoms with Crippen molar-refractivity contribution in [2.24, 2.45) is 5.73 Å². The molecule has 0 fully saturated rings. The van der Waals surface area contributed by atoms with Gasteiger partial charge >= 0.3 is 0 Å². The molecular weight excluding hydrogens is 272 g/mol. The summed E-state index contributed by atoms with van der Waals surface area (Å²) >= 11 is 1.57. The maximum absolute atomic E-state index is 12.6. The van der Waals surface area contributed by atoms with E-state index in [1.165, 1.54) is 0 Å². The maximum atomic E-state index is 12.6. The minimum atomic E-state index is -0.350. The van der Waals surface area contributed by atoms with E-state index in [1.54, 1.807) is 23.0 Å². The van der Waals surface area contributed by atoms with Crippen molar-refractivity contribution < 1.29 is 4.74 Å². The number of aryl methyl sites for hydroxylation is 1. The van der Waals surface area contributed by atoms with Gasteiger partial charge in [0.25, 0.3) is 5.56 Å². The molecule has 2 heterocycles. The van der Waals surface area contributed by atoms with E-state index in [2.05, 4.69) is 0 Å². The predicted molar refractivity (Wildman–Crippen MR) is 82.3 cm³/mol. The van der Waals surface area contributed by atoms with Gasteiger partial charge in [0, 0.05) is 36.4 Å².